The summed E-state index contributed by atoms with van der Waals surface area (Å²) in [4.78, 5) is 121. The molecule has 3 aromatic rings. The highest BCUT2D eigenvalue weighted by Crippen LogP contribution is 2.26. The summed E-state index contributed by atoms with van der Waals surface area (Å²) < 4.78 is 5.83. The van der Waals surface area contributed by atoms with Gasteiger partial charge in [-0.2, -0.15) is 0 Å². The summed E-state index contributed by atoms with van der Waals surface area (Å²) in [5.41, 5.74) is 0.560. The fourth-order valence-electron chi connectivity index (χ4n) is 7.88. The third-order valence-electron chi connectivity index (χ3n) is 11.2. The van der Waals surface area contributed by atoms with E-state index in [9.17, 15) is 43.5 Å². The smallest absolute Gasteiger partial charge is 0.333 e. The van der Waals surface area contributed by atoms with E-state index in [2.05, 4.69) is 20.9 Å². The first-order chi connectivity index (χ1) is 28.8. The molecule has 7 atom stereocenters. The van der Waals surface area contributed by atoms with Crippen LogP contribution in [0.4, 0.5) is 0 Å². The van der Waals surface area contributed by atoms with E-state index >= 15 is 0 Å². The van der Waals surface area contributed by atoms with Crippen LogP contribution in [0, 0.1) is 0 Å². The van der Waals surface area contributed by atoms with Crippen molar-refractivity contribution in [3.8, 4) is 5.75 Å². The zero-order valence-electron chi connectivity index (χ0n) is 33.6. The van der Waals surface area contributed by atoms with Crippen molar-refractivity contribution in [3.63, 3.8) is 0 Å². The second-order valence-electron chi connectivity index (χ2n) is 15.2. The van der Waals surface area contributed by atoms with Gasteiger partial charge < -0.3 is 40.5 Å². The van der Waals surface area contributed by atoms with Gasteiger partial charge in [-0.05, 0) is 49.4 Å². The lowest BCUT2D eigenvalue weighted by Gasteiger charge is -2.40. The Morgan fingerprint density at radius 2 is 1.53 bits per heavy atom. The van der Waals surface area contributed by atoms with Crippen LogP contribution in [-0.2, 0) is 44.7 Å². The minimum Gasteiger partial charge on any atom is -0.505 e. The SMILES string of the molecule is CC[C@@H]1NC(=O)[C@@H](NC(=O)c2ncccc2O)[C@H](C)OC(=O)[C@@H](c2ccccc2)NC(=O)[C@@H]2CC(=O)CCN2C(=O)[C@@H](Cc2ccccc2)N(C)C(=O)[C@@H]2CCCN2C1=O. The first-order valence-electron chi connectivity index (χ1n) is 20.0. The number of cyclic esters (lactones) is 1. The predicted molar refractivity (Wildman–Crippen MR) is 213 cm³/mol. The van der Waals surface area contributed by atoms with E-state index in [1.807, 2.05) is 6.07 Å². The maximum Gasteiger partial charge on any atom is 0.333 e. The molecule has 0 saturated carbocycles. The van der Waals surface area contributed by atoms with Crippen molar-refractivity contribution in [2.24, 2.45) is 0 Å². The number of esters is 1. The number of nitrogens with one attached hydrogen (secondary N) is 3. The van der Waals surface area contributed by atoms with Gasteiger partial charge in [0.2, 0.25) is 29.5 Å². The number of carbonyl (C=O) groups excluding carboxylic acids is 8. The topological polar surface area (TPSA) is 225 Å². The molecule has 0 bridgehead atoms. The Morgan fingerprint density at radius 3 is 2.22 bits per heavy atom. The van der Waals surface area contributed by atoms with Crippen LogP contribution in [0.1, 0.15) is 73.6 Å². The van der Waals surface area contributed by atoms with Crippen LogP contribution >= 0.6 is 0 Å². The lowest BCUT2D eigenvalue weighted by molar-refractivity contribution is -0.156. The van der Waals surface area contributed by atoms with Crippen LogP contribution in [0.5, 0.6) is 5.75 Å². The number of pyridine rings is 1. The number of nitrogens with zero attached hydrogens (tertiary/aromatic N) is 4. The molecule has 4 heterocycles. The number of ketones is 1. The van der Waals surface area contributed by atoms with Gasteiger partial charge in [-0.3, -0.25) is 33.6 Å². The Hall–Kier alpha value is -6.65. The number of aromatic nitrogens is 1. The molecular weight excluding hydrogens is 775 g/mol. The van der Waals surface area contributed by atoms with E-state index < -0.39 is 95.2 Å². The van der Waals surface area contributed by atoms with E-state index in [1.165, 1.54) is 47.0 Å². The highest BCUT2D eigenvalue weighted by atomic mass is 16.5. The Morgan fingerprint density at radius 1 is 0.850 bits per heavy atom. The predicted octanol–water partition coefficient (Wildman–Crippen LogP) is 1.20. The molecule has 6 rings (SSSR count). The number of Topliss-reactive ketones (excluding diaryl/α,β-unsaturated/α-hetero) is 1. The summed E-state index contributed by atoms with van der Waals surface area (Å²) in [5, 5.41) is 18.2. The Bertz CT molecular complexity index is 2120. The number of benzene rings is 2. The minimum absolute atomic E-state index is 0.0410. The van der Waals surface area contributed by atoms with Crippen LogP contribution in [0.3, 0.4) is 0 Å². The molecule has 1 aromatic heterocycles. The van der Waals surface area contributed by atoms with Crippen molar-refractivity contribution in [3.05, 3.63) is 95.8 Å². The monoisotopic (exact) mass is 823 g/mol. The second kappa shape index (κ2) is 18.9. The first kappa shape index (κ1) is 42.9. The van der Waals surface area contributed by atoms with Crippen LogP contribution < -0.4 is 16.0 Å². The molecule has 3 aliphatic rings. The number of carbonyl (C=O) groups is 8. The van der Waals surface area contributed by atoms with Crippen molar-refractivity contribution in [1.82, 2.24) is 35.6 Å². The number of hydrogen-bond acceptors (Lipinski definition) is 11. The molecule has 0 spiro atoms. The lowest BCUT2D eigenvalue weighted by atomic mass is 9.95. The van der Waals surface area contributed by atoms with Crippen LogP contribution in [0.15, 0.2) is 79.0 Å². The Balaban J connectivity index is 1.43. The van der Waals surface area contributed by atoms with Gasteiger partial charge in [0.1, 0.15) is 47.8 Å². The third kappa shape index (κ3) is 9.45. The molecule has 17 nitrogen and oxygen atoms in total. The average Bonchev–Trinajstić information content (AvgIpc) is 3.75. The van der Waals surface area contributed by atoms with Crippen molar-refractivity contribution in [1.29, 1.82) is 0 Å². The second-order valence-corrected chi connectivity index (χ2v) is 15.2. The highest BCUT2D eigenvalue weighted by molar-refractivity contribution is 6.01. The fraction of sp³-hybridized carbons (Fsp3) is 0.419. The number of piperidine rings is 1. The summed E-state index contributed by atoms with van der Waals surface area (Å²) in [5.74, 6) is -6.30. The van der Waals surface area contributed by atoms with Gasteiger partial charge in [0, 0.05) is 45.6 Å². The maximum atomic E-state index is 14.8. The molecular formula is C43H49N7O10. The number of amides is 6. The van der Waals surface area contributed by atoms with Crippen molar-refractivity contribution in [2.75, 3.05) is 20.1 Å². The minimum atomic E-state index is -1.68. The molecule has 3 aliphatic heterocycles. The average molecular weight is 824 g/mol. The van der Waals surface area contributed by atoms with Gasteiger partial charge in [-0.25, -0.2) is 9.78 Å². The molecule has 6 amide bonds. The van der Waals surface area contributed by atoms with E-state index in [0.29, 0.717) is 6.42 Å². The fourth-order valence-corrected chi connectivity index (χ4v) is 7.88. The number of ether oxygens (including phenoxy) is 1. The molecule has 2 aromatic carbocycles. The maximum absolute atomic E-state index is 14.8. The molecule has 17 heteroatoms. The van der Waals surface area contributed by atoms with Gasteiger partial charge >= 0.3 is 5.97 Å². The first-order valence-corrected chi connectivity index (χ1v) is 20.0. The van der Waals surface area contributed by atoms with E-state index in [-0.39, 0.29) is 56.5 Å². The van der Waals surface area contributed by atoms with Gasteiger partial charge in [-0.1, -0.05) is 67.6 Å². The number of hydrogen-bond donors (Lipinski definition) is 4. The molecule has 0 aliphatic carbocycles. The van der Waals surface area contributed by atoms with Gasteiger partial charge in [0.15, 0.2) is 11.7 Å². The normalized spacial score (nSPS) is 26.1. The van der Waals surface area contributed by atoms with E-state index in [0.717, 1.165) is 5.56 Å². The van der Waals surface area contributed by atoms with Crippen molar-refractivity contribution >= 4 is 47.2 Å². The summed E-state index contributed by atoms with van der Waals surface area (Å²) in [6, 6.07) is 11.7. The Kier molecular flexibility index (Phi) is 13.6. The van der Waals surface area contributed by atoms with Crippen LogP contribution in [-0.4, -0.2) is 128 Å². The summed E-state index contributed by atoms with van der Waals surface area (Å²) in [6.07, 6.45) is 0.235. The Labute approximate surface area is 346 Å². The molecule has 0 radical (unpaired) electrons. The summed E-state index contributed by atoms with van der Waals surface area (Å²) in [7, 11) is 1.47. The summed E-state index contributed by atoms with van der Waals surface area (Å²) in [6.45, 7) is 3.03. The number of fused-ring (bicyclic) bond motifs is 2. The lowest BCUT2D eigenvalue weighted by Crippen LogP contribution is -2.61. The molecule has 4 N–H and O–H groups in total. The molecule has 3 fully saturated rings. The molecule has 0 unspecified atom stereocenters. The largest absolute Gasteiger partial charge is 0.505 e. The van der Waals surface area contributed by atoms with E-state index in [4.69, 9.17) is 4.74 Å². The quantitative estimate of drug-likeness (QED) is 0.259. The molecule has 316 valence electrons. The molecule has 3 saturated heterocycles. The zero-order valence-corrected chi connectivity index (χ0v) is 33.6. The molecule has 60 heavy (non-hydrogen) atoms. The zero-order chi connectivity index (χ0) is 43.1. The summed E-state index contributed by atoms with van der Waals surface area (Å²) >= 11 is 0. The van der Waals surface area contributed by atoms with Gasteiger partial charge in [0.05, 0.1) is 0 Å². The number of rotatable bonds is 6. The van der Waals surface area contributed by atoms with Crippen molar-refractivity contribution in [2.45, 2.75) is 94.7 Å². The standard InChI is InChI=1S/C43H49N7O10/c1-4-29-40(56)49-21-12-17-30(49)41(57)48(3)32(23-26-13-7-5-8-14-26)42(58)50-22-19-28(51)24-31(50)37(53)47-35(27-15-9-6-10-16-27)43(59)60-25(2)34(38(54)45-29)46-39(55)36-33(52)18-11-20-44-36/h5-11,13-16,18,20,25,29-32,34-35,52H,4,12,17,19,21-24H2,1-3H3,(H,45,54)(H,46,55)(H,47,53)/t25-,29-,30-,31-,32+,34-,35+/m0/s1. The van der Waals surface area contributed by atoms with Crippen molar-refractivity contribution < 1.29 is 48.2 Å². The van der Waals surface area contributed by atoms with Gasteiger partial charge in [0.25, 0.3) is 5.91 Å². The van der Waals surface area contributed by atoms with Gasteiger partial charge in [-0.15, -0.1) is 0 Å². The third-order valence-corrected chi connectivity index (χ3v) is 11.2. The number of aromatic hydroxyl groups is 1. The van der Waals surface area contributed by atoms with Crippen LogP contribution in [0.2, 0.25) is 0 Å². The highest BCUT2D eigenvalue weighted by Gasteiger charge is 2.45. The van der Waals surface area contributed by atoms with Crippen LogP contribution in [0.25, 0.3) is 0 Å². The number of likely N-dealkylation sites (N-methyl/N-ethyl adjacent to an activating group) is 1. The van der Waals surface area contributed by atoms with E-state index in [1.54, 1.807) is 61.5 Å².